The Balaban J connectivity index is 1.74. The molecular formula is C29H27N3O2. The minimum atomic E-state index is -0.526. The van der Waals surface area contributed by atoms with Crippen molar-refractivity contribution < 1.29 is 9.53 Å². The van der Waals surface area contributed by atoms with Gasteiger partial charge in [-0.2, -0.15) is 0 Å². The number of carbonyl (C=O) groups is 1. The van der Waals surface area contributed by atoms with E-state index < -0.39 is 5.72 Å². The lowest BCUT2D eigenvalue weighted by Gasteiger charge is -2.48. The van der Waals surface area contributed by atoms with E-state index in [-0.39, 0.29) is 17.9 Å². The second-order valence-electron chi connectivity index (χ2n) is 10.5. The van der Waals surface area contributed by atoms with Gasteiger partial charge in [-0.15, -0.1) is 0 Å². The topological polar surface area (TPSA) is 48.2 Å². The van der Waals surface area contributed by atoms with E-state index in [9.17, 15) is 4.79 Å². The molecule has 170 valence electrons. The van der Waals surface area contributed by atoms with Crippen LogP contribution in [-0.4, -0.2) is 28.0 Å². The van der Waals surface area contributed by atoms with Gasteiger partial charge in [0.25, 0.3) is 0 Å². The molecule has 3 aromatic carbocycles. The van der Waals surface area contributed by atoms with Crippen molar-refractivity contribution in [2.45, 2.75) is 51.1 Å². The number of hydrogen-bond acceptors (Lipinski definition) is 3. The lowest BCUT2D eigenvalue weighted by molar-refractivity contribution is -0.224. The molecule has 34 heavy (non-hydrogen) atoms. The first-order chi connectivity index (χ1) is 16.5. The van der Waals surface area contributed by atoms with Crippen LogP contribution in [0, 0.1) is 5.92 Å². The quantitative estimate of drug-likeness (QED) is 0.349. The minimum Gasteiger partial charge on any atom is -0.332 e. The molecule has 5 nitrogen and oxygen atoms in total. The van der Waals surface area contributed by atoms with Gasteiger partial charge in [0.05, 0.1) is 22.1 Å². The van der Waals surface area contributed by atoms with E-state index in [2.05, 4.69) is 83.9 Å². The summed E-state index contributed by atoms with van der Waals surface area (Å²) in [6, 6.07) is 17.6. The highest BCUT2D eigenvalue weighted by molar-refractivity contribution is 6.31. The monoisotopic (exact) mass is 449 g/mol. The fourth-order valence-electron chi connectivity index (χ4n) is 7.48. The number of nitrogens with zero attached hydrogens (tertiary/aromatic N) is 2. The molecule has 3 aliphatic rings. The molecule has 0 amide bonds. The van der Waals surface area contributed by atoms with Crippen LogP contribution < -0.4 is 5.32 Å². The van der Waals surface area contributed by atoms with Crippen molar-refractivity contribution in [2.75, 3.05) is 7.05 Å². The number of nitrogens with one attached hydrogen (secondary N) is 1. The molecule has 2 aliphatic heterocycles. The van der Waals surface area contributed by atoms with Gasteiger partial charge in [0.15, 0.2) is 5.78 Å². The van der Waals surface area contributed by atoms with Gasteiger partial charge in [0, 0.05) is 51.9 Å². The predicted molar refractivity (Wildman–Crippen MR) is 135 cm³/mol. The van der Waals surface area contributed by atoms with Gasteiger partial charge in [-0.05, 0) is 38.1 Å². The Morgan fingerprint density at radius 3 is 2.44 bits per heavy atom. The number of rotatable bonds is 1. The summed E-state index contributed by atoms with van der Waals surface area (Å²) in [4.78, 5) is 13.4. The fraction of sp³-hybridized carbons (Fsp3) is 0.345. The number of ether oxygens (including phenoxy) is 1. The van der Waals surface area contributed by atoms with Crippen LogP contribution in [0.5, 0.6) is 0 Å². The number of hydrogen-bond donors (Lipinski definition) is 1. The summed E-state index contributed by atoms with van der Waals surface area (Å²) in [5, 5.41) is 8.36. The Bertz CT molecular complexity index is 1720. The molecule has 5 aromatic rings. The van der Waals surface area contributed by atoms with Gasteiger partial charge in [-0.1, -0.05) is 43.3 Å². The van der Waals surface area contributed by atoms with Crippen molar-refractivity contribution >= 4 is 49.4 Å². The first-order valence-electron chi connectivity index (χ1n) is 12.4. The molecule has 8 rings (SSSR count). The molecule has 0 spiro atoms. The molecular weight excluding hydrogens is 422 g/mol. The molecule has 0 unspecified atom stereocenters. The van der Waals surface area contributed by atoms with Crippen molar-refractivity contribution in [3.8, 4) is 0 Å². The third-order valence-corrected chi connectivity index (χ3v) is 9.13. The highest BCUT2D eigenvalue weighted by atomic mass is 16.5. The van der Waals surface area contributed by atoms with Crippen molar-refractivity contribution in [3.05, 3.63) is 59.7 Å². The zero-order chi connectivity index (χ0) is 22.9. The SMILES string of the molecule is CN[C@@H]1C[C@H]2O[C@@](C)([C@@H]1C)n1c3ccccc3c3c4c(c5c6ccccc6n2c5c31)C(=O)CC4. The lowest BCUT2D eigenvalue weighted by Crippen LogP contribution is -2.54. The Labute approximate surface area is 197 Å². The van der Waals surface area contributed by atoms with E-state index in [0.29, 0.717) is 12.5 Å². The highest BCUT2D eigenvalue weighted by Gasteiger charge is 2.50. The van der Waals surface area contributed by atoms with E-state index in [1.807, 2.05) is 0 Å². The molecule has 1 saturated heterocycles. The molecule has 1 aliphatic carbocycles. The summed E-state index contributed by atoms with van der Waals surface area (Å²) in [6.07, 6.45) is 2.18. The van der Waals surface area contributed by atoms with Crippen LogP contribution in [0.15, 0.2) is 48.5 Å². The van der Waals surface area contributed by atoms with Crippen molar-refractivity contribution in [3.63, 3.8) is 0 Å². The van der Waals surface area contributed by atoms with E-state index in [1.54, 1.807) is 0 Å². The van der Waals surface area contributed by atoms with Crippen LogP contribution in [0.3, 0.4) is 0 Å². The summed E-state index contributed by atoms with van der Waals surface area (Å²) < 4.78 is 12.0. The molecule has 2 aromatic heterocycles. The molecule has 0 saturated carbocycles. The Kier molecular flexibility index (Phi) is 3.44. The van der Waals surface area contributed by atoms with Gasteiger partial charge in [-0.3, -0.25) is 4.79 Å². The number of carbonyl (C=O) groups excluding carboxylic acids is 1. The third-order valence-electron chi connectivity index (χ3n) is 9.13. The Hall–Kier alpha value is -3.15. The average molecular weight is 450 g/mol. The predicted octanol–water partition coefficient (Wildman–Crippen LogP) is 5.86. The second-order valence-corrected chi connectivity index (χ2v) is 10.5. The Morgan fingerprint density at radius 1 is 0.971 bits per heavy atom. The van der Waals surface area contributed by atoms with E-state index >= 15 is 0 Å². The number of benzene rings is 3. The molecule has 4 heterocycles. The number of Topliss-reactive ketones (excluding diaryl/α,β-unsaturated/α-hetero) is 1. The molecule has 4 atom stereocenters. The summed E-state index contributed by atoms with van der Waals surface area (Å²) in [7, 11) is 2.06. The zero-order valence-electron chi connectivity index (χ0n) is 19.7. The van der Waals surface area contributed by atoms with Gasteiger partial charge >= 0.3 is 0 Å². The molecule has 2 bridgehead atoms. The standard InChI is InChI=1S/C29H27N3O2/c1-15-19(30-3)14-23-31-20-10-6-4-8-16(20)26-25-18(12-13-22(25)33)24-17-9-5-7-11-21(17)32(28(24)27(26)31)29(15,2)34-23/h4-11,15,19,23,30H,12-14H2,1-3H3/t15-,19-,23-,29+/m1/s1. The van der Waals surface area contributed by atoms with Crippen LogP contribution in [0.1, 0.15) is 48.8 Å². The average Bonchev–Trinajstić information content (AvgIpc) is 3.48. The van der Waals surface area contributed by atoms with Crippen molar-refractivity contribution in [2.24, 2.45) is 5.92 Å². The summed E-state index contributed by atoms with van der Waals surface area (Å²) >= 11 is 0. The maximum atomic E-state index is 13.4. The van der Waals surface area contributed by atoms with Crippen molar-refractivity contribution in [1.82, 2.24) is 14.5 Å². The van der Waals surface area contributed by atoms with Crippen LogP contribution in [-0.2, 0) is 16.9 Å². The molecule has 1 N–H and O–H groups in total. The van der Waals surface area contributed by atoms with Gasteiger partial charge in [0.1, 0.15) is 12.0 Å². The normalized spacial score (nSPS) is 28.0. The van der Waals surface area contributed by atoms with Crippen LogP contribution in [0.25, 0.3) is 43.6 Å². The first kappa shape index (κ1) is 19.2. The maximum absolute atomic E-state index is 13.4. The highest BCUT2D eigenvalue weighted by Crippen LogP contribution is 2.54. The summed E-state index contributed by atoms with van der Waals surface area (Å²) in [5.41, 5.74) is 6.39. The number of fused-ring (bicyclic) bond motifs is 13. The molecule has 5 heteroatoms. The van der Waals surface area contributed by atoms with E-state index in [1.165, 1.54) is 32.9 Å². The first-order valence-corrected chi connectivity index (χ1v) is 12.4. The third kappa shape index (κ3) is 1.96. The van der Waals surface area contributed by atoms with Gasteiger partial charge in [0.2, 0.25) is 0 Å². The second kappa shape index (κ2) is 6.09. The van der Waals surface area contributed by atoms with Crippen molar-refractivity contribution in [1.29, 1.82) is 0 Å². The smallest absolute Gasteiger partial charge is 0.164 e. The number of aromatic nitrogens is 2. The molecule has 0 radical (unpaired) electrons. The molecule has 1 fully saturated rings. The number of para-hydroxylation sites is 2. The Morgan fingerprint density at radius 2 is 1.68 bits per heavy atom. The summed E-state index contributed by atoms with van der Waals surface area (Å²) in [5.74, 6) is 0.533. The van der Waals surface area contributed by atoms with Crippen LogP contribution >= 0.6 is 0 Å². The number of ketones is 1. The zero-order valence-corrected chi connectivity index (χ0v) is 19.7. The van der Waals surface area contributed by atoms with Crippen LogP contribution in [0.2, 0.25) is 0 Å². The largest absolute Gasteiger partial charge is 0.332 e. The van der Waals surface area contributed by atoms with E-state index in [4.69, 9.17) is 4.74 Å². The fourth-order valence-corrected chi connectivity index (χ4v) is 7.48. The lowest BCUT2D eigenvalue weighted by atomic mass is 9.85. The number of aryl methyl sites for hydroxylation is 1. The van der Waals surface area contributed by atoms with Gasteiger partial charge in [-0.25, -0.2) is 0 Å². The van der Waals surface area contributed by atoms with Crippen LogP contribution in [0.4, 0.5) is 0 Å². The minimum absolute atomic E-state index is 0.113. The summed E-state index contributed by atoms with van der Waals surface area (Å²) in [6.45, 7) is 4.57. The van der Waals surface area contributed by atoms with E-state index in [0.717, 1.165) is 34.7 Å². The maximum Gasteiger partial charge on any atom is 0.164 e. The van der Waals surface area contributed by atoms with Gasteiger partial charge < -0.3 is 19.2 Å².